The summed E-state index contributed by atoms with van der Waals surface area (Å²) < 4.78 is 5.23. The van der Waals surface area contributed by atoms with Crippen LogP contribution >= 0.6 is 0 Å². The topological polar surface area (TPSA) is 61.8 Å². The first-order valence-electron chi connectivity index (χ1n) is 4.03. The number of hydrogen-bond donors (Lipinski definition) is 2. The van der Waals surface area contributed by atoms with Gasteiger partial charge in [0.1, 0.15) is 5.54 Å². The van der Waals surface area contributed by atoms with Crippen LogP contribution in [0.5, 0.6) is 0 Å². The highest BCUT2D eigenvalue weighted by molar-refractivity contribution is 5.78. The largest absolute Gasteiger partial charge is 0.394 e. The van der Waals surface area contributed by atoms with E-state index < -0.39 is 5.54 Å². The maximum absolute atomic E-state index is 11.2. The molecule has 0 spiro atoms. The van der Waals surface area contributed by atoms with Crippen LogP contribution < -0.4 is 5.32 Å². The summed E-state index contributed by atoms with van der Waals surface area (Å²) in [5.74, 6) is 0. The number of carbonyl (C=O) groups excluding carboxylic acids is 1. The van der Waals surface area contributed by atoms with Crippen molar-refractivity contribution in [2.24, 2.45) is 0 Å². The maximum Gasteiger partial charge on any atom is 0.318 e. The Bertz CT molecular complexity index is 209. The fourth-order valence-corrected chi connectivity index (χ4v) is 1.72. The van der Waals surface area contributed by atoms with E-state index >= 15 is 0 Å². The lowest BCUT2D eigenvalue weighted by Crippen LogP contribution is -2.57. The van der Waals surface area contributed by atoms with Crippen molar-refractivity contribution in [2.75, 3.05) is 32.9 Å². The summed E-state index contributed by atoms with van der Waals surface area (Å²) in [5, 5.41) is 11.9. The number of rotatable bonds is 1. The number of nitrogens with zero attached hydrogens (tertiary/aromatic N) is 1. The van der Waals surface area contributed by atoms with Crippen LogP contribution in [0.25, 0.3) is 0 Å². The van der Waals surface area contributed by atoms with Crippen LogP contribution in [-0.2, 0) is 4.74 Å². The monoisotopic (exact) mass is 172 g/mol. The van der Waals surface area contributed by atoms with Crippen LogP contribution in [0.1, 0.15) is 0 Å². The first-order chi connectivity index (χ1) is 5.78. The van der Waals surface area contributed by atoms with Crippen molar-refractivity contribution in [2.45, 2.75) is 5.54 Å². The van der Waals surface area contributed by atoms with Gasteiger partial charge in [0.05, 0.1) is 19.8 Å². The summed E-state index contributed by atoms with van der Waals surface area (Å²) >= 11 is 0. The first kappa shape index (κ1) is 7.82. The number of nitrogens with one attached hydrogen (secondary N) is 1. The molecule has 2 fully saturated rings. The van der Waals surface area contributed by atoms with Crippen LogP contribution in [-0.4, -0.2) is 54.5 Å². The van der Waals surface area contributed by atoms with Gasteiger partial charge < -0.3 is 20.1 Å². The molecule has 2 aliphatic heterocycles. The highest BCUT2D eigenvalue weighted by Gasteiger charge is 2.47. The summed E-state index contributed by atoms with van der Waals surface area (Å²) in [7, 11) is 0. The molecule has 2 N–H and O–H groups in total. The van der Waals surface area contributed by atoms with Gasteiger partial charge in [0, 0.05) is 13.1 Å². The van der Waals surface area contributed by atoms with Crippen molar-refractivity contribution in [3.8, 4) is 0 Å². The van der Waals surface area contributed by atoms with Gasteiger partial charge in [-0.2, -0.15) is 0 Å². The van der Waals surface area contributed by atoms with Gasteiger partial charge in [-0.25, -0.2) is 4.79 Å². The molecule has 2 aliphatic rings. The predicted octanol–water partition coefficient (Wildman–Crippen LogP) is -1.23. The van der Waals surface area contributed by atoms with Gasteiger partial charge in [-0.3, -0.25) is 0 Å². The van der Waals surface area contributed by atoms with Crippen LogP contribution in [0.3, 0.4) is 0 Å². The fourth-order valence-electron chi connectivity index (χ4n) is 1.72. The summed E-state index contributed by atoms with van der Waals surface area (Å²) in [6.45, 7) is 2.03. The summed E-state index contributed by atoms with van der Waals surface area (Å²) in [5.41, 5.74) is -0.491. The summed E-state index contributed by atoms with van der Waals surface area (Å²) in [4.78, 5) is 12.9. The van der Waals surface area contributed by atoms with Crippen LogP contribution in [0, 0.1) is 0 Å². The molecular formula is C7H12N2O3. The van der Waals surface area contributed by atoms with Crippen molar-refractivity contribution in [3.63, 3.8) is 0 Å². The lowest BCUT2D eigenvalue weighted by Gasteiger charge is -2.38. The van der Waals surface area contributed by atoms with E-state index in [9.17, 15) is 4.79 Å². The summed E-state index contributed by atoms with van der Waals surface area (Å²) in [6, 6.07) is -0.0904. The molecule has 12 heavy (non-hydrogen) atoms. The van der Waals surface area contributed by atoms with Crippen molar-refractivity contribution in [3.05, 3.63) is 0 Å². The lowest BCUT2D eigenvalue weighted by atomic mass is 10.0. The fraction of sp³-hybridized carbons (Fsp3) is 0.857. The molecule has 2 amide bonds. The molecule has 5 heteroatoms. The molecule has 0 saturated carbocycles. The SMILES string of the molecule is O=C1NCC2(CO)COCCN12. The first-order valence-corrected chi connectivity index (χ1v) is 4.03. The molecule has 2 heterocycles. The molecule has 0 aliphatic carbocycles. The highest BCUT2D eigenvalue weighted by Crippen LogP contribution is 2.23. The zero-order valence-electron chi connectivity index (χ0n) is 6.75. The van der Waals surface area contributed by atoms with Crippen molar-refractivity contribution in [1.29, 1.82) is 0 Å². The average Bonchev–Trinajstić information content (AvgIpc) is 2.46. The number of aliphatic hydroxyl groups excluding tert-OH is 1. The van der Waals surface area contributed by atoms with E-state index in [1.165, 1.54) is 0 Å². The van der Waals surface area contributed by atoms with Crippen LogP contribution in [0.15, 0.2) is 0 Å². The molecule has 0 radical (unpaired) electrons. The molecule has 0 bridgehead atoms. The zero-order valence-corrected chi connectivity index (χ0v) is 6.75. The minimum Gasteiger partial charge on any atom is -0.394 e. The van der Waals surface area contributed by atoms with Crippen molar-refractivity contribution >= 4 is 6.03 Å². The quantitative estimate of drug-likeness (QED) is 0.520. The van der Waals surface area contributed by atoms with Gasteiger partial charge in [0.2, 0.25) is 0 Å². The molecule has 68 valence electrons. The second-order valence-electron chi connectivity index (χ2n) is 3.25. The van der Waals surface area contributed by atoms with Crippen LogP contribution in [0.2, 0.25) is 0 Å². The number of amides is 2. The Morgan fingerprint density at radius 3 is 3.25 bits per heavy atom. The van der Waals surface area contributed by atoms with E-state index in [0.29, 0.717) is 26.3 Å². The number of hydrogen-bond acceptors (Lipinski definition) is 3. The Balaban J connectivity index is 2.22. The molecular weight excluding hydrogens is 160 g/mol. The van der Waals surface area contributed by atoms with E-state index in [0.717, 1.165) is 0 Å². The second-order valence-corrected chi connectivity index (χ2v) is 3.25. The average molecular weight is 172 g/mol. The lowest BCUT2D eigenvalue weighted by molar-refractivity contribution is -0.0493. The Morgan fingerprint density at radius 1 is 1.75 bits per heavy atom. The molecule has 0 aromatic carbocycles. The number of ether oxygens (including phenoxy) is 1. The van der Waals surface area contributed by atoms with Gasteiger partial charge in [-0.15, -0.1) is 0 Å². The van der Waals surface area contributed by atoms with E-state index in [4.69, 9.17) is 9.84 Å². The number of carbonyl (C=O) groups is 1. The van der Waals surface area contributed by atoms with Gasteiger partial charge in [0.25, 0.3) is 0 Å². The normalized spacial score (nSPS) is 34.8. The molecule has 1 unspecified atom stereocenters. The second kappa shape index (κ2) is 2.60. The third-order valence-corrected chi connectivity index (χ3v) is 2.51. The Hall–Kier alpha value is -0.810. The van der Waals surface area contributed by atoms with Crippen molar-refractivity contribution < 1.29 is 14.6 Å². The molecule has 5 nitrogen and oxygen atoms in total. The number of urea groups is 1. The van der Waals surface area contributed by atoms with Crippen molar-refractivity contribution in [1.82, 2.24) is 10.2 Å². The van der Waals surface area contributed by atoms with Gasteiger partial charge in [-0.05, 0) is 0 Å². The third kappa shape index (κ3) is 0.899. The van der Waals surface area contributed by atoms with E-state index in [-0.39, 0.29) is 12.6 Å². The number of morpholine rings is 1. The highest BCUT2D eigenvalue weighted by atomic mass is 16.5. The molecule has 0 aromatic rings. The van der Waals surface area contributed by atoms with E-state index in [1.807, 2.05) is 0 Å². The molecule has 2 rings (SSSR count). The predicted molar refractivity (Wildman–Crippen MR) is 40.7 cm³/mol. The smallest absolute Gasteiger partial charge is 0.318 e. The van der Waals surface area contributed by atoms with E-state index in [1.54, 1.807) is 4.90 Å². The molecule has 0 aromatic heterocycles. The minimum atomic E-state index is -0.491. The zero-order chi connectivity index (χ0) is 8.60. The van der Waals surface area contributed by atoms with Gasteiger partial charge >= 0.3 is 6.03 Å². The Morgan fingerprint density at radius 2 is 2.58 bits per heavy atom. The van der Waals surface area contributed by atoms with E-state index in [2.05, 4.69) is 5.32 Å². The number of fused-ring (bicyclic) bond motifs is 1. The minimum absolute atomic E-state index is 0.0360. The van der Waals surface area contributed by atoms with Gasteiger partial charge in [-0.1, -0.05) is 0 Å². The Labute approximate surface area is 70.3 Å². The van der Waals surface area contributed by atoms with Crippen LogP contribution in [0.4, 0.5) is 4.79 Å². The third-order valence-electron chi connectivity index (χ3n) is 2.51. The summed E-state index contributed by atoms with van der Waals surface area (Å²) in [6.07, 6.45) is 0. The Kier molecular flexibility index (Phi) is 1.69. The standard InChI is InChI=1S/C7H12N2O3/c10-4-7-3-8-6(11)9(7)1-2-12-5-7/h10H,1-5H2,(H,8,11). The molecule has 1 atom stereocenters. The number of aliphatic hydroxyl groups is 1. The molecule has 2 saturated heterocycles. The maximum atomic E-state index is 11.2. The van der Waals surface area contributed by atoms with Gasteiger partial charge in [0.15, 0.2) is 0 Å².